The average molecular weight is 395 g/mol. The van der Waals surface area contributed by atoms with Crippen LogP contribution in [-0.4, -0.2) is 22.1 Å². The van der Waals surface area contributed by atoms with Crippen LogP contribution in [0.3, 0.4) is 0 Å². The molecular formula is C22H19F2N3O2. The lowest BCUT2D eigenvalue weighted by Gasteiger charge is -2.47. The van der Waals surface area contributed by atoms with Gasteiger partial charge in [-0.3, -0.25) is 4.98 Å². The molecule has 1 saturated carbocycles. The van der Waals surface area contributed by atoms with Crippen molar-refractivity contribution in [1.82, 2.24) is 10.3 Å². The second-order valence-electron chi connectivity index (χ2n) is 7.33. The maximum atomic E-state index is 13.5. The molecule has 29 heavy (non-hydrogen) atoms. The van der Waals surface area contributed by atoms with Crippen molar-refractivity contribution < 1.29 is 18.7 Å². The highest BCUT2D eigenvalue weighted by Crippen LogP contribution is 2.51. The first-order chi connectivity index (χ1) is 13.8. The fraction of sp³-hybridized carbons (Fsp3) is 0.182. The second kappa shape index (κ2) is 6.84. The molecule has 1 aliphatic carbocycles. The van der Waals surface area contributed by atoms with Crippen LogP contribution < -0.4 is 11.1 Å². The average Bonchev–Trinajstić information content (AvgIpc) is 2.67. The number of alkyl halides is 2. The molecule has 1 aromatic heterocycles. The highest BCUT2D eigenvalue weighted by Gasteiger charge is 2.58. The van der Waals surface area contributed by atoms with Crippen molar-refractivity contribution in [1.29, 1.82) is 0 Å². The summed E-state index contributed by atoms with van der Waals surface area (Å²) in [4.78, 5) is 15.6. The summed E-state index contributed by atoms with van der Waals surface area (Å²) in [6, 6.07) is 18.4. The van der Waals surface area contributed by atoms with Crippen molar-refractivity contribution in [3.8, 4) is 22.4 Å². The number of rotatable bonds is 4. The van der Waals surface area contributed by atoms with Gasteiger partial charge in [-0.2, -0.15) is 0 Å². The molecule has 0 radical (unpaired) electrons. The van der Waals surface area contributed by atoms with E-state index in [0.717, 1.165) is 16.7 Å². The predicted molar refractivity (Wildman–Crippen MR) is 107 cm³/mol. The van der Waals surface area contributed by atoms with E-state index in [1.54, 1.807) is 30.5 Å². The topological polar surface area (TPSA) is 88.2 Å². The summed E-state index contributed by atoms with van der Waals surface area (Å²) in [5.41, 5.74) is 8.98. The van der Waals surface area contributed by atoms with Crippen LogP contribution in [0.1, 0.15) is 18.4 Å². The van der Waals surface area contributed by atoms with Gasteiger partial charge in [0.05, 0.1) is 23.1 Å². The molecule has 148 valence electrons. The number of pyridine rings is 1. The number of nitrogens with two attached hydrogens (primary N) is 1. The summed E-state index contributed by atoms with van der Waals surface area (Å²) in [7, 11) is 0. The Morgan fingerprint density at radius 3 is 2.28 bits per heavy atom. The first kappa shape index (κ1) is 18.9. The van der Waals surface area contributed by atoms with E-state index in [2.05, 4.69) is 10.3 Å². The van der Waals surface area contributed by atoms with E-state index < -0.39 is 30.4 Å². The van der Waals surface area contributed by atoms with Crippen molar-refractivity contribution in [2.24, 2.45) is 0 Å². The van der Waals surface area contributed by atoms with Gasteiger partial charge in [0.15, 0.2) is 0 Å². The molecule has 0 bridgehead atoms. The van der Waals surface area contributed by atoms with E-state index in [1.165, 1.54) is 0 Å². The van der Waals surface area contributed by atoms with Crippen LogP contribution in [0.5, 0.6) is 0 Å². The lowest BCUT2D eigenvalue weighted by atomic mass is 9.69. The molecule has 5 nitrogen and oxygen atoms in total. The number of nitrogens with zero attached hydrogens (tertiary/aromatic N) is 1. The van der Waals surface area contributed by atoms with Gasteiger partial charge in [0.1, 0.15) is 0 Å². The molecule has 1 amide bonds. The Morgan fingerprint density at radius 2 is 1.69 bits per heavy atom. The molecule has 4 N–H and O–H groups in total. The number of halogens is 2. The zero-order chi connectivity index (χ0) is 20.6. The summed E-state index contributed by atoms with van der Waals surface area (Å²) in [5, 5.41) is 11.4. The number of amides is 1. The van der Waals surface area contributed by atoms with E-state index >= 15 is 0 Å². The van der Waals surface area contributed by atoms with Gasteiger partial charge in [0, 0.05) is 24.0 Å². The van der Waals surface area contributed by atoms with Crippen LogP contribution in [0.15, 0.2) is 66.9 Å². The third-order valence-corrected chi connectivity index (χ3v) is 5.17. The van der Waals surface area contributed by atoms with Gasteiger partial charge in [-0.25, -0.2) is 13.6 Å². The summed E-state index contributed by atoms with van der Waals surface area (Å²) in [6.07, 6.45) is -0.867. The number of hydrogen-bond donors (Lipinski definition) is 3. The number of hydrogen-bond acceptors (Lipinski definition) is 3. The summed E-state index contributed by atoms with van der Waals surface area (Å²) < 4.78 is 27.1. The van der Waals surface area contributed by atoms with Crippen molar-refractivity contribution in [2.45, 2.75) is 24.3 Å². The number of carbonyl (C=O) groups is 1. The van der Waals surface area contributed by atoms with Crippen LogP contribution in [0.2, 0.25) is 0 Å². The minimum atomic E-state index is -2.87. The number of nitrogen functional groups attached to an aromatic ring is 1. The first-order valence-electron chi connectivity index (χ1n) is 9.09. The van der Waals surface area contributed by atoms with Crippen LogP contribution in [0.4, 0.5) is 19.3 Å². The fourth-order valence-corrected chi connectivity index (χ4v) is 3.90. The number of aromatic nitrogens is 1. The van der Waals surface area contributed by atoms with E-state index in [-0.39, 0.29) is 0 Å². The van der Waals surface area contributed by atoms with E-state index in [1.807, 2.05) is 36.4 Å². The normalized spacial score (nSPS) is 16.6. The predicted octanol–water partition coefficient (Wildman–Crippen LogP) is 4.89. The molecule has 1 aliphatic rings. The maximum absolute atomic E-state index is 13.5. The molecule has 0 spiro atoms. The van der Waals surface area contributed by atoms with E-state index in [9.17, 15) is 13.6 Å². The molecule has 0 unspecified atom stereocenters. The van der Waals surface area contributed by atoms with Gasteiger partial charge in [-0.15, -0.1) is 0 Å². The molecule has 7 heteroatoms. The van der Waals surface area contributed by atoms with Crippen LogP contribution in [-0.2, 0) is 5.54 Å². The summed E-state index contributed by atoms with van der Waals surface area (Å²) in [6.45, 7) is 0. The Balaban J connectivity index is 1.71. The summed E-state index contributed by atoms with van der Waals surface area (Å²) in [5.74, 6) is -2.87. The monoisotopic (exact) mass is 395 g/mol. The minimum Gasteiger partial charge on any atom is -0.465 e. The Labute approximate surface area is 166 Å². The molecule has 0 aliphatic heterocycles. The third kappa shape index (κ3) is 3.63. The quantitative estimate of drug-likeness (QED) is 0.587. The van der Waals surface area contributed by atoms with E-state index in [0.29, 0.717) is 16.9 Å². The Bertz CT molecular complexity index is 1050. The number of anilines is 1. The number of benzene rings is 2. The third-order valence-electron chi connectivity index (χ3n) is 5.17. The molecule has 4 rings (SSSR count). The number of nitrogens with one attached hydrogen (secondary N) is 1. The SMILES string of the molecule is Nc1cnc(-c2ccc(C3(NC(=O)O)CC(F)(F)C3)cc2)c(-c2ccccc2)c1. The minimum absolute atomic E-state index is 0.506. The molecular weight excluding hydrogens is 376 g/mol. The van der Waals surface area contributed by atoms with E-state index in [4.69, 9.17) is 10.8 Å². The van der Waals surface area contributed by atoms with Crippen molar-refractivity contribution in [3.05, 3.63) is 72.4 Å². The maximum Gasteiger partial charge on any atom is 0.405 e. The molecule has 0 atom stereocenters. The fourth-order valence-electron chi connectivity index (χ4n) is 3.90. The lowest BCUT2D eigenvalue weighted by molar-refractivity contribution is -0.134. The summed E-state index contributed by atoms with van der Waals surface area (Å²) >= 11 is 0. The lowest BCUT2D eigenvalue weighted by Crippen LogP contribution is -2.59. The van der Waals surface area contributed by atoms with Gasteiger partial charge in [0.25, 0.3) is 5.92 Å². The smallest absolute Gasteiger partial charge is 0.405 e. The Morgan fingerprint density at radius 1 is 1.03 bits per heavy atom. The van der Waals surface area contributed by atoms with Crippen LogP contribution in [0.25, 0.3) is 22.4 Å². The second-order valence-corrected chi connectivity index (χ2v) is 7.33. The van der Waals surface area contributed by atoms with Crippen LogP contribution >= 0.6 is 0 Å². The largest absolute Gasteiger partial charge is 0.465 e. The van der Waals surface area contributed by atoms with Gasteiger partial charge >= 0.3 is 6.09 Å². The van der Waals surface area contributed by atoms with Crippen molar-refractivity contribution in [3.63, 3.8) is 0 Å². The molecule has 3 aromatic rings. The van der Waals surface area contributed by atoms with Gasteiger partial charge in [0.2, 0.25) is 0 Å². The Hall–Kier alpha value is -3.48. The molecule has 1 fully saturated rings. The Kier molecular flexibility index (Phi) is 4.45. The molecule has 2 aromatic carbocycles. The zero-order valence-electron chi connectivity index (χ0n) is 15.4. The first-order valence-corrected chi connectivity index (χ1v) is 9.09. The highest BCUT2D eigenvalue weighted by atomic mass is 19.3. The van der Waals surface area contributed by atoms with Gasteiger partial charge < -0.3 is 16.2 Å². The molecule has 1 heterocycles. The standard InChI is InChI=1S/C22H19F2N3O2/c23-22(24)12-21(13-22,27-20(28)29)16-8-6-15(7-9-16)19-18(10-17(25)11-26-19)14-4-2-1-3-5-14/h1-11,27H,12-13,25H2,(H,28,29). The zero-order valence-corrected chi connectivity index (χ0v) is 15.4. The van der Waals surface area contributed by atoms with Crippen LogP contribution in [0, 0.1) is 0 Å². The van der Waals surface area contributed by atoms with Gasteiger partial charge in [-0.05, 0) is 17.2 Å². The number of carboxylic acid groups (broad SMARTS) is 1. The van der Waals surface area contributed by atoms with Crippen molar-refractivity contribution in [2.75, 3.05) is 5.73 Å². The highest BCUT2D eigenvalue weighted by molar-refractivity contribution is 5.82. The van der Waals surface area contributed by atoms with Crippen molar-refractivity contribution >= 4 is 11.8 Å². The van der Waals surface area contributed by atoms with Gasteiger partial charge in [-0.1, -0.05) is 54.6 Å². The molecule has 0 saturated heterocycles.